The van der Waals surface area contributed by atoms with Gasteiger partial charge in [0.15, 0.2) is 0 Å². The van der Waals surface area contributed by atoms with E-state index in [1.54, 1.807) is 20.8 Å². The Hall–Kier alpha value is -2.55. The molecule has 0 fully saturated rings. The monoisotopic (exact) mass is 304 g/mol. The Bertz CT molecular complexity index is 544. The molecular weight excluding hydrogens is 284 g/mol. The molecule has 0 bridgehead atoms. The van der Waals surface area contributed by atoms with Crippen molar-refractivity contribution < 1.29 is 19.1 Å². The highest BCUT2D eigenvalue weighted by Crippen LogP contribution is 2.07. The van der Waals surface area contributed by atoms with E-state index in [0.717, 1.165) is 5.56 Å². The Balaban J connectivity index is 2.40. The number of alkyl carbamates (subject to hydrolysis) is 1. The number of carbonyl (C=O) groups is 2. The topological polar surface area (TPSA) is 88.4 Å². The van der Waals surface area contributed by atoms with E-state index in [9.17, 15) is 9.59 Å². The second-order valence-corrected chi connectivity index (χ2v) is 5.68. The molecule has 0 spiro atoms. The third-order valence-electron chi connectivity index (χ3n) is 2.46. The number of nitrogens with zero attached hydrogens (tertiary/aromatic N) is 1. The first kappa shape index (κ1) is 17.5. The lowest BCUT2D eigenvalue weighted by molar-refractivity contribution is -0.145. The molecule has 0 saturated heterocycles. The summed E-state index contributed by atoms with van der Waals surface area (Å²) in [5.41, 5.74) is 0.183. The van der Waals surface area contributed by atoms with Gasteiger partial charge in [-0.2, -0.15) is 5.26 Å². The van der Waals surface area contributed by atoms with Crippen molar-refractivity contribution >= 4 is 12.1 Å². The van der Waals surface area contributed by atoms with Crippen molar-refractivity contribution in [1.29, 1.82) is 5.26 Å². The lowest BCUT2D eigenvalue weighted by Gasteiger charge is -2.20. The highest BCUT2D eigenvalue weighted by Gasteiger charge is 2.21. The maximum absolute atomic E-state index is 11.7. The van der Waals surface area contributed by atoms with Gasteiger partial charge in [0.2, 0.25) is 0 Å². The van der Waals surface area contributed by atoms with E-state index >= 15 is 0 Å². The molecule has 6 nitrogen and oxygen atoms in total. The third kappa shape index (κ3) is 7.29. The number of hydrogen-bond donors (Lipinski definition) is 1. The molecule has 22 heavy (non-hydrogen) atoms. The van der Waals surface area contributed by atoms with Crippen LogP contribution in [0.25, 0.3) is 0 Å². The number of nitrogens with one attached hydrogen (secondary N) is 1. The van der Waals surface area contributed by atoms with Gasteiger partial charge in [0, 0.05) is 0 Å². The van der Waals surface area contributed by atoms with E-state index < -0.39 is 23.7 Å². The number of amides is 1. The summed E-state index contributed by atoms with van der Waals surface area (Å²) in [7, 11) is 0. The van der Waals surface area contributed by atoms with E-state index in [0.29, 0.717) is 0 Å². The molecule has 1 aromatic carbocycles. The van der Waals surface area contributed by atoms with Crippen molar-refractivity contribution in [2.75, 3.05) is 0 Å². The molecule has 1 N–H and O–H groups in total. The lowest BCUT2D eigenvalue weighted by atomic mass is 10.2. The SMILES string of the molecule is CC(C)(C)OC(=O)NC(C#N)CC(=O)OCc1ccccc1. The molecule has 0 aliphatic carbocycles. The Morgan fingerprint density at radius 2 is 1.91 bits per heavy atom. The molecule has 0 aliphatic heterocycles. The first-order valence-corrected chi connectivity index (χ1v) is 6.89. The van der Waals surface area contributed by atoms with Crippen LogP contribution in [0, 0.1) is 11.3 Å². The molecule has 0 aliphatic rings. The van der Waals surface area contributed by atoms with Crippen LogP contribution in [0.15, 0.2) is 30.3 Å². The van der Waals surface area contributed by atoms with Crippen molar-refractivity contribution in [2.45, 2.75) is 45.4 Å². The van der Waals surface area contributed by atoms with Gasteiger partial charge in [0.25, 0.3) is 0 Å². The maximum atomic E-state index is 11.7. The van der Waals surface area contributed by atoms with Gasteiger partial charge in [-0.15, -0.1) is 0 Å². The Morgan fingerprint density at radius 1 is 1.27 bits per heavy atom. The van der Waals surface area contributed by atoms with E-state index in [2.05, 4.69) is 5.32 Å². The van der Waals surface area contributed by atoms with Crippen LogP contribution < -0.4 is 5.32 Å². The molecule has 0 heterocycles. The fourth-order valence-electron chi connectivity index (χ4n) is 1.54. The summed E-state index contributed by atoms with van der Waals surface area (Å²) in [6, 6.07) is 10.0. The molecule has 1 rings (SSSR count). The summed E-state index contributed by atoms with van der Waals surface area (Å²) in [6.07, 6.45) is -0.974. The summed E-state index contributed by atoms with van der Waals surface area (Å²) >= 11 is 0. The van der Waals surface area contributed by atoms with Gasteiger partial charge in [-0.25, -0.2) is 4.79 Å². The van der Waals surface area contributed by atoms with Crippen LogP contribution in [0.3, 0.4) is 0 Å². The van der Waals surface area contributed by atoms with Gasteiger partial charge in [-0.05, 0) is 26.3 Å². The molecule has 0 saturated carbocycles. The molecule has 1 aromatic rings. The smallest absolute Gasteiger partial charge is 0.408 e. The standard InChI is InChI=1S/C16H20N2O4/c1-16(2,3)22-15(20)18-13(10-17)9-14(19)21-11-12-7-5-4-6-8-12/h4-8,13H,9,11H2,1-3H3,(H,18,20). The first-order valence-electron chi connectivity index (χ1n) is 6.89. The van der Waals surface area contributed by atoms with E-state index in [1.165, 1.54) is 0 Å². The molecular formula is C16H20N2O4. The summed E-state index contributed by atoms with van der Waals surface area (Å²) in [5, 5.41) is 11.3. The molecule has 1 amide bonds. The van der Waals surface area contributed by atoms with Gasteiger partial charge in [-0.3, -0.25) is 4.79 Å². The summed E-state index contributed by atoms with van der Waals surface area (Å²) in [6.45, 7) is 5.26. The fraction of sp³-hybridized carbons (Fsp3) is 0.438. The third-order valence-corrected chi connectivity index (χ3v) is 2.46. The number of benzene rings is 1. The van der Waals surface area contributed by atoms with E-state index in [-0.39, 0.29) is 13.0 Å². The molecule has 0 aromatic heterocycles. The van der Waals surface area contributed by atoms with Gasteiger partial charge in [-0.1, -0.05) is 30.3 Å². The molecule has 0 radical (unpaired) electrons. The van der Waals surface area contributed by atoms with E-state index in [1.807, 2.05) is 36.4 Å². The average Bonchev–Trinajstić information content (AvgIpc) is 2.43. The van der Waals surface area contributed by atoms with Crippen molar-refractivity contribution in [3.63, 3.8) is 0 Å². The van der Waals surface area contributed by atoms with Crippen molar-refractivity contribution in [3.8, 4) is 6.07 Å². The van der Waals surface area contributed by atoms with Crippen molar-refractivity contribution in [1.82, 2.24) is 5.32 Å². The molecule has 1 atom stereocenters. The lowest BCUT2D eigenvalue weighted by Crippen LogP contribution is -2.39. The zero-order chi connectivity index (χ0) is 16.6. The summed E-state index contributed by atoms with van der Waals surface area (Å²) in [4.78, 5) is 23.2. The van der Waals surface area contributed by atoms with Gasteiger partial charge in [0.05, 0.1) is 12.5 Å². The fourth-order valence-corrected chi connectivity index (χ4v) is 1.54. The first-order chi connectivity index (χ1) is 10.3. The van der Waals surface area contributed by atoms with Crippen LogP contribution >= 0.6 is 0 Å². The minimum atomic E-state index is -0.988. The largest absolute Gasteiger partial charge is 0.461 e. The zero-order valence-electron chi connectivity index (χ0n) is 13.0. The minimum Gasteiger partial charge on any atom is -0.461 e. The van der Waals surface area contributed by atoms with Gasteiger partial charge < -0.3 is 14.8 Å². The predicted molar refractivity (Wildman–Crippen MR) is 79.6 cm³/mol. The Morgan fingerprint density at radius 3 is 2.45 bits per heavy atom. The van der Waals surface area contributed by atoms with Crippen LogP contribution in [0.1, 0.15) is 32.8 Å². The predicted octanol–water partition coefficient (Wildman–Crippen LogP) is 2.54. The van der Waals surface area contributed by atoms with Crippen molar-refractivity contribution in [3.05, 3.63) is 35.9 Å². The number of carbonyl (C=O) groups excluding carboxylic acids is 2. The molecule has 1 unspecified atom stereocenters. The molecule has 118 valence electrons. The van der Waals surface area contributed by atoms with Crippen molar-refractivity contribution in [2.24, 2.45) is 0 Å². The number of hydrogen-bond acceptors (Lipinski definition) is 5. The Kier molecular flexibility index (Phi) is 6.39. The number of esters is 1. The number of nitriles is 1. The van der Waals surface area contributed by atoms with E-state index in [4.69, 9.17) is 14.7 Å². The summed E-state index contributed by atoms with van der Waals surface area (Å²) < 4.78 is 10.1. The van der Waals surface area contributed by atoms with Crippen LogP contribution in [0.4, 0.5) is 4.79 Å². The average molecular weight is 304 g/mol. The van der Waals surface area contributed by atoms with Crippen LogP contribution in [0.5, 0.6) is 0 Å². The summed E-state index contributed by atoms with van der Waals surface area (Å²) in [5.74, 6) is -0.563. The Labute approximate surface area is 130 Å². The van der Waals surface area contributed by atoms with Crippen LogP contribution in [-0.4, -0.2) is 23.7 Å². The number of ether oxygens (including phenoxy) is 2. The highest BCUT2D eigenvalue weighted by molar-refractivity contribution is 5.73. The maximum Gasteiger partial charge on any atom is 0.408 e. The second kappa shape index (κ2) is 8.03. The quantitative estimate of drug-likeness (QED) is 0.844. The van der Waals surface area contributed by atoms with Crippen LogP contribution in [-0.2, 0) is 20.9 Å². The molecule has 6 heteroatoms. The highest BCUT2D eigenvalue weighted by atomic mass is 16.6. The van der Waals surface area contributed by atoms with Gasteiger partial charge >= 0.3 is 12.1 Å². The normalized spacial score (nSPS) is 11.9. The zero-order valence-corrected chi connectivity index (χ0v) is 13.0. The van der Waals surface area contributed by atoms with Gasteiger partial charge in [0.1, 0.15) is 18.2 Å². The van der Waals surface area contributed by atoms with Crippen LogP contribution in [0.2, 0.25) is 0 Å². The number of rotatable bonds is 5. The minimum absolute atomic E-state index is 0.129. The second-order valence-electron chi connectivity index (χ2n) is 5.68.